The number of aromatic nitrogens is 2. The van der Waals surface area contributed by atoms with Crippen molar-refractivity contribution in [2.75, 3.05) is 0 Å². The number of phenolic OH excluding ortho intramolecular Hbond substituents is 5. The Morgan fingerprint density at radius 3 is 1.67 bits per heavy atom. The topological polar surface area (TPSA) is 200 Å². The van der Waals surface area contributed by atoms with E-state index in [9.17, 15) is 30.3 Å². The zero-order valence-corrected chi connectivity index (χ0v) is 10.0. The van der Waals surface area contributed by atoms with Crippen molar-refractivity contribution in [3.63, 3.8) is 0 Å². The molecule has 1 aromatic carbocycles. The van der Waals surface area contributed by atoms with Crippen LogP contribution in [0.4, 0.5) is 0 Å². The molecule has 0 saturated heterocycles. The first-order chi connectivity index (χ1) is 9.55. The zero-order chi connectivity index (χ0) is 16.1. The summed E-state index contributed by atoms with van der Waals surface area (Å²) in [5, 5.41) is 75.9. The Balaban J connectivity index is 2.81. The molecule has 0 spiro atoms. The van der Waals surface area contributed by atoms with E-state index < -0.39 is 51.7 Å². The zero-order valence-electron chi connectivity index (χ0n) is 10.0. The van der Waals surface area contributed by atoms with Gasteiger partial charge in [0.05, 0.1) is 0 Å². The molecule has 0 amide bonds. The van der Waals surface area contributed by atoms with Crippen LogP contribution < -0.4 is 5.56 Å². The lowest BCUT2D eigenvalue weighted by atomic mass is 10.2. The summed E-state index contributed by atoms with van der Waals surface area (Å²) in [4.78, 5) is 11.6. The van der Waals surface area contributed by atoms with Crippen LogP contribution in [0.2, 0.25) is 0 Å². The molecular formula is C10H10N2O9. The smallest absolute Gasteiger partial charge is 0.321 e. The van der Waals surface area contributed by atoms with Crippen molar-refractivity contribution in [1.29, 1.82) is 0 Å². The molecule has 0 bridgehead atoms. The van der Waals surface area contributed by atoms with Crippen molar-refractivity contribution < 1.29 is 40.9 Å². The van der Waals surface area contributed by atoms with Crippen LogP contribution in [-0.2, 0) is 5.97 Å². The largest absolute Gasteiger partial charge is 0.503 e. The van der Waals surface area contributed by atoms with Crippen LogP contribution in [-0.4, -0.2) is 50.6 Å². The first-order valence-electron chi connectivity index (χ1n) is 5.24. The Morgan fingerprint density at radius 1 is 0.857 bits per heavy atom. The van der Waals surface area contributed by atoms with Gasteiger partial charge in [-0.05, 0) is 0 Å². The number of aromatic hydroxyl groups is 5. The summed E-state index contributed by atoms with van der Waals surface area (Å²) < 4.78 is 0.288. The highest BCUT2D eigenvalue weighted by atomic mass is 16.7. The van der Waals surface area contributed by atoms with Gasteiger partial charge in [-0.2, -0.15) is 0 Å². The molecule has 0 fully saturated rings. The molecule has 21 heavy (non-hydrogen) atoms. The molecule has 0 atom stereocenters. The van der Waals surface area contributed by atoms with Crippen molar-refractivity contribution in [3.05, 3.63) is 22.1 Å². The Kier molecular flexibility index (Phi) is 2.98. The molecule has 0 saturated carbocycles. The number of nitrogens with zero attached hydrogens (tertiary/aromatic N) is 1. The quantitative estimate of drug-likeness (QED) is 0.167. The van der Waals surface area contributed by atoms with E-state index in [4.69, 9.17) is 15.3 Å². The lowest BCUT2D eigenvalue weighted by molar-refractivity contribution is -0.326. The van der Waals surface area contributed by atoms with Gasteiger partial charge in [0.2, 0.25) is 17.2 Å². The second kappa shape index (κ2) is 4.31. The van der Waals surface area contributed by atoms with E-state index in [1.165, 1.54) is 0 Å². The lowest BCUT2D eigenvalue weighted by Crippen LogP contribution is -2.24. The van der Waals surface area contributed by atoms with Crippen LogP contribution in [0.25, 0.3) is 5.69 Å². The average Bonchev–Trinajstić information content (AvgIpc) is 2.77. The number of rotatable bonds is 2. The first kappa shape index (κ1) is 14.5. The fourth-order valence-electron chi connectivity index (χ4n) is 1.62. The van der Waals surface area contributed by atoms with Crippen LogP contribution in [0, 0.1) is 0 Å². The standard InChI is InChI=1S/C10H10N2O9/c13-3-1-2(10(19,20)21)11-12(3)4-5(14)7(16)9(18)8(17)6(4)15/h1,11,14-21H. The van der Waals surface area contributed by atoms with Gasteiger partial charge >= 0.3 is 5.97 Å². The highest BCUT2D eigenvalue weighted by molar-refractivity contribution is 5.73. The molecule has 114 valence electrons. The number of hydrogen-bond donors (Lipinski definition) is 9. The van der Waals surface area contributed by atoms with Gasteiger partial charge in [0.25, 0.3) is 5.56 Å². The SMILES string of the molecule is O=c1cc(C(O)(O)O)[nH]n1-c1c(O)c(O)c(O)c(O)c1O. The Bertz CT molecular complexity index is 739. The fourth-order valence-corrected chi connectivity index (χ4v) is 1.62. The fraction of sp³-hybridized carbons (Fsp3) is 0.100. The van der Waals surface area contributed by atoms with Gasteiger partial charge in [-0.25, -0.2) is 4.68 Å². The maximum absolute atomic E-state index is 11.6. The third kappa shape index (κ3) is 2.10. The van der Waals surface area contributed by atoms with Crippen molar-refractivity contribution in [2.45, 2.75) is 5.97 Å². The highest BCUT2D eigenvalue weighted by Gasteiger charge is 2.29. The lowest BCUT2D eigenvalue weighted by Gasteiger charge is -2.13. The average molecular weight is 302 g/mol. The Morgan fingerprint density at radius 2 is 1.29 bits per heavy atom. The molecule has 0 aliphatic carbocycles. The van der Waals surface area contributed by atoms with E-state index in [0.29, 0.717) is 6.07 Å². The molecular weight excluding hydrogens is 292 g/mol. The highest BCUT2D eigenvalue weighted by Crippen LogP contribution is 2.51. The van der Waals surface area contributed by atoms with E-state index in [1.54, 1.807) is 0 Å². The van der Waals surface area contributed by atoms with Crippen molar-refractivity contribution in [2.24, 2.45) is 0 Å². The van der Waals surface area contributed by atoms with E-state index >= 15 is 0 Å². The van der Waals surface area contributed by atoms with Crippen LogP contribution in [0.3, 0.4) is 0 Å². The molecule has 11 heteroatoms. The number of hydrogen-bond acceptors (Lipinski definition) is 9. The van der Waals surface area contributed by atoms with Gasteiger partial charge in [-0.15, -0.1) is 0 Å². The summed E-state index contributed by atoms with van der Waals surface area (Å²) in [7, 11) is 0. The summed E-state index contributed by atoms with van der Waals surface area (Å²) >= 11 is 0. The third-order valence-corrected chi connectivity index (χ3v) is 2.65. The van der Waals surface area contributed by atoms with Crippen LogP contribution in [0.15, 0.2) is 10.9 Å². The van der Waals surface area contributed by atoms with E-state index in [1.807, 2.05) is 5.10 Å². The second-order valence-electron chi connectivity index (χ2n) is 4.07. The summed E-state index contributed by atoms with van der Waals surface area (Å²) in [6.45, 7) is 0. The summed E-state index contributed by atoms with van der Waals surface area (Å²) in [6.07, 6.45) is 0. The molecule has 0 aliphatic rings. The number of H-pyrrole nitrogens is 1. The van der Waals surface area contributed by atoms with Crippen molar-refractivity contribution in [1.82, 2.24) is 9.78 Å². The van der Waals surface area contributed by atoms with E-state index in [-0.39, 0.29) is 4.68 Å². The van der Waals surface area contributed by atoms with Crippen molar-refractivity contribution in [3.8, 4) is 34.4 Å². The maximum Gasteiger partial charge on any atom is 0.321 e. The molecule has 0 aliphatic heterocycles. The summed E-state index contributed by atoms with van der Waals surface area (Å²) in [5.41, 5.74) is -2.80. The maximum atomic E-state index is 11.6. The molecule has 9 N–H and O–H groups in total. The van der Waals surface area contributed by atoms with Gasteiger partial charge in [0.1, 0.15) is 5.69 Å². The van der Waals surface area contributed by atoms with E-state index in [0.717, 1.165) is 0 Å². The number of phenols is 5. The first-order valence-corrected chi connectivity index (χ1v) is 5.24. The predicted octanol–water partition coefficient (Wildman–Crippen LogP) is -2.22. The van der Waals surface area contributed by atoms with Crippen LogP contribution >= 0.6 is 0 Å². The van der Waals surface area contributed by atoms with Gasteiger partial charge in [0, 0.05) is 6.07 Å². The summed E-state index contributed by atoms with van der Waals surface area (Å²) in [6, 6.07) is 0.514. The molecule has 0 unspecified atom stereocenters. The second-order valence-corrected chi connectivity index (χ2v) is 4.07. The molecule has 2 aromatic rings. The minimum atomic E-state index is -3.41. The Hall–Kier alpha value is -2.89. The number of benzene rings is 1. The van der Waals surface area contributed by atoms with Gasteiger partial charge in [0.15, 0.2) is 17.2 Å². The van der Waals surface area contributed by atoms with Gasteiger partial charge in [-0.1, -0.05) is 0 Å². The molecule has 11 nitrogen and oxygen atoms in total. The third-order valence-electron chi connectivity index (χ3n) is 2.65. The number of nitrogens with one attached hydrogen (secondary N) is 1. The van der Waals surface area contributed by atoms with E-state index in [2.05, 4.69) is 0 Å². The molecule has 2 rings (SSSR count). The normalized spacial score (nSPS) is 11.8. The number of aromatic amines is 1. The van der Waals surface area contributed by atoms with Gasteiger partial charge in [-0.3, -0.25) is 9.89 Å². The predicted molar refractivity (Wildman–Crippen MR) is 63.0 cm³/mol. The minimum absolute atomic E-state index is 0.288. The number of aliphatic hydroxyl groups is 3. The van der Waals surface area contributed by atoms with Crippen LogP contribution in [0.1, 0.15) is 5.69 Å². The van der Waals surface area contributed by atoms with Gasteiger partial charge < -0.3 is 40.9 Å². The summed E-state index contributed by atoms with van der Waals surface area (Å²) in [5.74, 6) is -9.46. The molecule has 0 radical (unpaired) electrons. The Labute approximate surface area is 114 Å². The van der Waals surface area contributed by atoms with Crippen LogP contribution in [0.5, 0.6) is 28.7 Å². The molecule has 1 aromatic heterocycles. The van der Waals surface area contributed by atoms with Crippen molar-refractivity contribution >= 4 is 0 Å². The minimum Gasteiger partial charge on any atom is -0.503 e. The molecule has 1 heterocycles. The monoisotopic (exact) mass is 302 g/mol.